The summed E-state index contributed by atoms with van der Waals surface area (Å²) in [4.78, 5) is 0. The Bertz CT molecular complexity index is 937. The van der Waals surface area contributed by atoms with Gasteiger partial charge in [-0.1, -0.05) is 54.6 Å². The zero-order chi connectivity index (χ0) is 19.4. The number of rotatable bonds is 5. The third-order valence-corrected chi connectivity index (χ3v) is 9.35. The van der Waals surface area contributed by atoms with Crippen LogP contribution in [0.4, 0.5) is 0 Å². The lowest BCUT2D eigenvalue weighted by atomic mass is 10.2. The average Bonchev–Trinajstić information content (AvgIpc) is 2.73. The van der Waals surface area contributed by atoms with Gasteiger partial charge in [-0.3, -0.25) is 0 Å². The Labute approximate surface area is 182 Å². The van der Waals surface area contributed by atoms with Gasteiger partial charge in [0.05, 0.1) is 6.16 Å². The van der Waals surface area contributed by atoms with Crippen molar-refractivity contribution in [3.05, 3.63) is 115 Å². The van der Waals surface area contributed by atoms with Crippen LogP contribution in [0.3, 0.4) is 0 Å². The van der Waals surface area contributed by atoms with Crippen LogP contribution in [-0.4, -0.2) is 10.2 Å². The summed E-state index contributed by atoms with van der Waals surface area (Å²) < 4.78 is 0. The smallest absolute Gasteiger partial charge is 0.119 e. The Kier molecular flexibility index (Phi) is 6.74. The number of phenolic OH excluding ortho intramolecular Hbond substituents is 2. The summed E-state index contributed by atoms with van der Waals surface area (Å²) in [5.41, 5.74) is 0.919. The molecule has 4 aromatic rings. The van der Waals surface area contributed by atoms with E-state index in [2.05, 4.69) is 72.8 Å². The molecule has 0 amide bonds. The van der Waals surface area contributed by atoms with Crippen molar-refractivity contribution in [1.82, 2.24) is 0 Å². The van der Waals surface area contributed by atoms with Crippen LogP contribution in [0.1, 0.15) is 5.56 Å². The second kappa shape index (κ2) is 9.26. The summed E-state index contributed by atoms with van der Waals surface area (Å²) in [6.07, 6.45) is 0.715. The van der Waals surface area contributed by atoms with Crippen molar-refractivity contribution in [2.75, 3.05) is 0 Å². The van der Waals surface area contributed by atoms with Gasteiger partial charge in [0, 0.05) is 6.07 Å². The monoisotopic (exact) mass is 464 g/mol. The first-order valence-corrected chi connectivity index (χ1v) is 11.2. The van der Waals surface area contributed by atoms with E-state index in [1.54, 1.807) is 12.1 Å². The van der Waals surface area contributed by atoms with Gasteiger partial charge < -0.3 is 27.2 Å². The molecule has 29 heavy (non-hydrogen) atoms. The molecule has 0 spiro atoms. The summed E-state index contributed by atoms with van der Waals surface area (Å²) >= 11 is 0. The quantitative estimate of drug-likeness (QED) is 0.440. The molecule has 2 N–H and O–H groups in total. The third-order valence-electron chi connectivity index (χ3n) is 4.97. The highest BCUT2D eigenvalue weighted by Crippen LogP contribution is 2.58. The maximum Gasteiger partial charge on any atom is 0.119 e. The molecule has 0 radical (unpaired) electrons. The van der Waals surface area contributed by atoms with E-state index in [0.29, 0.717) is 6.16 Å². The second-order valence-electron chi connectivity index (χ2n) is 6.83. The van der Waals surface area contributed by atoms with Crippen molar-refractivity contribution >= 4 is 23.2 Å². The summed E-state index contributed by atoms with van der Waals surface area (Å²) in [6.45, 7) is 0. The third kappa shape index (κ3) is 4.37. The molecule has 0 aliphatic carbocycles. The molecule has 0 unspecified atom stereocenters. The molecule has 0 saturated carbocycles. The number of benzene rings is 4. The van der Waals surface area contributed by atoms with E-state index in [-0.39, 0.29) is 28.5 Å². The highest BCUT2D eigenvalue weighted by molar-refractivity contribution is 7.95. The van der Waals surface area contributed by atoms with E-state index in [1.165, 1.54) is 22.0 Å². The first-order valence-electron chi connectivity index (χ1n) is 9.25. The number of halogens is 1. The standard InChI is InChI=1S/C25H21O2P.BrH/c26-21-16-20(17-22(27)18-21)19-28(23-10-4-1-5-11-23,24-12-6-2-7-13-24)25-14-8-3-9-15-25;/h1-18H,19H2,(H-,26,27);1H. The van der Waals surface area contributed by atoms with Gasteiger partial charge in [-0.15, -0.1) is 0 Å². The van der Waals surface area contributed by atoms with Gasteiger partial charge >= 0.3 is 0 Å². The van der Waals surface area contributed by atoms with Crippen molar-refractivity contribution in [2.45, 2.75) is 6.16 Å². The van der Waals surface area contributed by atoms with E-state index in [9.17, 15) is 10.2 Å². The van der Waals surface area contributed by atoms with Gasteiger partial charge in [-0.2, -0.15) is 0 Å². The van der Waals surface area contributed by atoms with Crippen LogP contribution in [0.5, 0.6) is 11.5 Å². The largest absolute Gasteiger partial charge is 1.00 e. The van der Waals surface area contributed by atoms with Gasteiger partial charge in [0.25, 0.3) is 0 Å². The zero-order valence-corrected chi connectivity index (χ0v) is 18.3. The highest BCUT2D eigenvalue weighted by Gasteiger charge is 2.45. The lowest BCUT2D eigenvalue weighted by molar-refractivity contribution is -0.00000770. The van der Waals surface area contributed by atoms with Crippen molar-refractivity contribution in [2.24, 2.45) is 0 Å². The van der Waals surface area contributed by atoms with Crippen LogP contribution >= 0.6 is 7.26 Å². The average molecular weight is 465 g/mol. The molecule has 2 nitrogen and oxygen atoms in total. The van der Waals surface area contributed by atoms with E-state index < -0.39 is 7.26 Å². The van der Waals surface area contributed by atoms with Crippen LogP contribution in [-0.2, 0) is 6.16 Å². The van der Waals surface area contributed by atoms with E-state index in [4.69, 9.17) is 0 Å². The molecule has 0 aliphatic rings. The minimum atomic E-state index is -2.04. The number of phenols is 2. The molecule has 0 bridgehead atoms. The Balaban J connectivity index is 0.00000240. The molecule has 4 rings (SSSR count). The first-order chi connectivity index (χ1) is 13.7. The molecule has 146 valence electrons. The normalized spacial score (nSPS) is 10.9. The van der Waals surface area contributed by atoms with Crippen LogP contribution in [0.15, 0.2) is 109 Å². The molecular weight excluding hydrogens is 443 g/mol. The summed E-state index contributed by atoms with van der Waals surface area (Å²) in [5.74, 6) is 0.171. The van der Waals surface area contributed by atoms with Crippen molar-refractivity contribution < 1.29 is 27.2 Å². The van der Waals surface area contributed by atoms with E-state index in [1.807, 2.05) is 18.2 Å². The Morgan fingerprint density at radius 1 is 0.517 bits per heavy atom. The fraction of sp³-hybridized carbons (Fsp3) is 0.0400. The Morgan fingerprint density at radius 3 is 1.21 bits per heavy atom. The van der Waals surface area contributed by atoms with E-state index in [0.717, 1.165) is 5.56 Å². The van der Waals surface area contributed by atoms with Gasteiger partial charge in [0.1, 0.15) is 34.7 Å². The van der Waals surface area contributed by atoms with Crippen LogP contribution in [0.25, 0.3) is 0 Å². The molecule has 0 atom stereocenters. The molecular formula is C25H22BrO2P. The van der Waals surface area contributed by atoms with Gasteiger partial charge in [-0.25, -0.2) is 0 Å². The number of hydrogen-bond donors (Lipinski definition) is 2. The predicted octanol–water partition coefficient (Wildman–Crippen LogP) is 1.60. The molecule has 0 heterocycles. The Hall–Kier alpha value is -2.61. The molecule has 0 fully saturated rings. The SMILES string of the molecule is Oc1cc(O)cc(C[P+](c2ccccc2)(c2ccccc2)c2ccccc2)c1.[Br-]. The first kappa shape index (κ1) is 21.1. The summed E-state index contributed by atoms with van der Waals surface area (Å²) in [5, 5.41) is 23.9. The summed E-state index contributed by atoms with van der Waals surface area (Å²) in [7, 11) is -2.04. The summed E-state index contributed by atoms with van der Waals surface area (Å²) in [6, 6.07) is 36.6. The van der Waals surface area contributed by atoms with Crippen molar-refractivity contribution in [3.63, 3.8) is 0 Å². The lowest BCUT2D eigenvalue weighted by Gasteiger charge is -2.28. The maximum absolute atomic E-state index is 10.1. The second-order valence-corrected chi connectivity index (χ2v) is 10.3. The van der Waals surface area contributed by atoms with Crippen molar-refractivity contribution in [3.8, 4) is 11.5 Å². The highest BCUT2D eigenvalue weighted by atomic mass is 79.9. The zero-order valence-electron chi connectivity index (χ0n) is 15.8. The van der Waals surface area contributed by atoms with Gasteiger partial charge in [0.2, 0.25) is 0 Å². The molecule has 0 saturated heterocycles. The Morgan fingerprint density at radius 2 is 0.862 bits per heavy atom. The number of aromatic hydroxyl groups is 2. The fourth-order valence-electron chi connectivity index (χ4n) is 3.79. The fourth-order valence-corrected chi connectivity index (χ4v) is 8.01. The van der Waals surface area contributed by atoms with Crippen LogP contribution in [0.2, 0.25) is 0 Å². The van der Waals surface area contributed by atoms with Gasteiger partial charge in [0.15, 0.2) is 0 Å². The minimum absolute atomic E-state index is 0. The van der Waals surface area contributed by atoms with Crippen molar-refractivity contribution in [1.29, 1.82) is 0 Å². The minimum Gasteiger partial charge on any atom is -1.00 e. The van der Waals surface area contributed by atoms with Gasteiger partial charge in [-0.05, 0) is 54.1 Å². The molecule has 0 aromatic heterocycles. The molecule has 4 aromatic carbocycles. The molecule has 0 aliphatic heterocycles. The lowest BCUT2D eigenvalue weighted by Crippen LogP contribution is -3.00. The van der Waals surface area contributed by atoms with E-state index >= 15 is 0 Å². The van der Waals surface area contributed by atoms with Crippen LogP contribution < -0.4 is 32.9 Å². The predicted molar refractivity (Wildman–Crippen MR) is 119 cm³/mol. The number of hydrogen-bond acceptors (Lipinski definition) is 2. The maximum atomic E-state index is 10.1. The molecule has 4 heteroatoms. The van der Waals surface area contributed by atoms with Crippen LogP contribution in [0, 0.1) is 0 Å². The topological polar surface area (TPSA) is 40.5 Å².